The summed E-state index contributed by atoms with van der Waals surface area (Å²) in [5.74, 6) is 1.04. The number of nitrogens with zero attached hydrogens (tertiary/aromatic N) is 2. The highest BCUT2D eigenvalue weighted by molar-refractivity contribution is 5.80. The van der Waals surface area contributed by atoms with Gasteiger partial charge in [-0.1, -0.05) is 12.1 Å². The fourth-order valence-corrected chi connectivity index (χ4v) is 6.23. The van der Waals surface area contributed by atoms with Gasteiger partial charge in [-0.3, -0.25) is 9.69 Å². The first-order valence-electron chi connectivity index (χ1n) is 10.6. The first-order chi connectivity index (χ1) is 13.1. The molecule has 1 aromatic rings. The van der Waals surface area contributed by atoms with Crippen molar-refractivity contribution in [2.75, 3.05) is 19.6 Å². The molecule has 0 radical (unpaired) electrons. The number of aliphatic hydroxyl groups excluding tert-OH is 1. The molecule has 27 heavy (non-hydrogen) atoms. The zero-order valence-electron chi connectivity index (χ0n) is 15.8. The minimum atomic E-state index is -0.232. The lowest BCUT2D eigenvalue weighted by Gasteiger charge is -2.51. The third-order valence-corrected chi connectivity index (χ3v) is 7.62. The van der Waals surface area contributed by atoms with E-state index in [0.29, 0.717) is 23.9 Å². The predicted octanol–water partition coefficient (Wildman–Crippen LogP) is 2.77. The smallest absolute Gasteiger partial charge is 0.226 e. The molecule has 1 aromatic carbocycles. The number of fused-ring (bicyclic) bond motifs is 2. The summed E-state index contributed by atoms with van der Waals surface area (Å²) in [6, 6.07) is 7.60. The maximum atomic E-state index is 13.4. The Balaban J connectivity index is 1.43. The molecule has 1 N–H and O–H groups in total. The highest BCUT2D eigenvalue weighted by atomic mass is 19.1. The summed E-state index contributed by atoms with van der Waals surface area (Å²) < 4.78 is 13.4. The fourth-order valence-electron chi connectivity index (χ4n) is 6.23. The maximum Gasteiger partial charge on any atom is 0.226 e. The topological polar surface area (TPSA) is 43.8 Å². The molecule has 0 unspecified atom stereocenters. The van der Waals surface area contributed by atoms with E-state index in [1.54, 1.807) is 12.1 Å². The number of piperidine rings is 3. The van der Waals surface area contributed by atoms with Crippen LogP contribution in [0.3, 0.4) is 0 Å². The molecule has 1 aliphatic carbocycles. The second-order valence-corrected chi connectivity index (χ2v) is 9.01. The molecule has 4 aliphatic heterocycles. The third-order valence-electron chi connectivity index (χ3n) is 7.62. The van der Waals surface area contributed by atoms with Crippen LogP contribution in [0.5, 0.6) is 0 Å². The Morgan fingerprint density at radius 1 is 0.963 bits per heavy atom. The van der Waals surface area contributed by atoms with Gasteiger partial charge in [-0.25, -0.2) is 4.39 Å². The van der Waals surface area contributed by atoms with Gasteiger partial charge in [0.1, 0.15) is 5.82 Å². The lowest BCUT2D eigenvalue weighted by Crippen LogP contribution is -2.61. The Kier molecular flexibility index (Phi) is 4.47. The first kappa shape index (κ1) is 17.6. The molecule has 0 aromatic heterocycles. The van der Waals surface area contributed by atoms with Gasteiger partial charge in [-0.05, 0) is 75.2 Å². The number of carbonyl (C=O) groups is 1. The van der Waals surface area contributed by atoms with Crippen molar-refractivity contribution in [3.05, 3.63) is 35.6 Å². The Hall–Kier alpha value is -1.46. The van der Waals surface area contributed by atoms with E-state index in [-0.39, 0.29) is 23.8 Å². The second-order valence-electron chi connectivity index (χ2n) is 9.01. The van der Waals surface area contributed by atoms with Crippen LogP contribution in [0.2, 0.25) is 0 Å². The number of halogens is 1. The van der Waals surface area contributed by atoms with Gasteiger partial charge in [0.15, 0.2) is 0 Å². The van der Waals surface area contributed by atoms with Crippen LogP contribution in [0.4, 0.5) is 4.39 Å². The summed E-state index contributed by atoms with van der Waals surface area (Å²) >= 11 is 0. The quantitative estimate of drug-likeness (QED) is 0.868. The zero-order valence-corrected chi connectivity index (χ0v) is 15.8. The van der Waals surface area contributed by atoms with E-state index in [0.717, 1.165) is 50.9 Å². The minimum Gasteiger partial charge on any atom is -0.393 e. The van der Waals surface area contributed by atoms with Crippen LogP contribution in [0.15, 0.2) is 24.3 Å². The highest BCUT2D eigenvalue weighted by Crippen LogP contribution is 2.47. The van der Waals surface area contributed by atoms with E-state index in [2.05, 4.69) is 9.80 Å². The Morgan fingerprint density at radius 3 is 2.30 bits per heavy atom. The van der Waals surface area contributed by atoms with Crippen molar-refractivity contribution < 1.29 is 14.3 Å². The van der Waals surface area contributed by atoms with Crippen LogP contribution in [0, 0.1) is 17.7 Å². The number of amides is 1. The van der Waals surface area contributed by atoms with Gasteiger partial charge < -0.3 is 10.0 Å². The van der Waals surface area contributed by atoms with Gasteiger partial charge in [-0.15, -0.1) is 0 Å². The summed E-state index contributed by atoms with van der Waals surface area (Å²) in [6.07, 6.45) is 5.25. The van der Waals surface area contributed by atoms with E-state index in [1.165, 1.54) is 12.8 Å². The van der Waals surface area contributed by atoms with E-state index in [4.69, 9.17) is 0 Å². The summed E-state index contributed by atoms with van der Waals surface area (Å²) in [5.41, 5.74) is 1.16. The van der Waals surface area contributed by atoms with Crippen LogP contribution >= 0.6 is 0 Å². The molecular formula is C22H29FN2O2. The Labute approximate surface area is 160 Å². The molecule has 4 nitrogen and oxygen atoms in total. The number of likely N-dealkylation sites (tertiary alicyclic amines) is 1. The fraction of sp³-hybridized carbons (Fsp3) is 0.682. The predicted molar refractivity (Wildman–Crippen MR) is 101 cm³/mol. The third kappa shape index (κ3) is 2.99. The molecule has 5 fully saturated rings. The van der Waals surface area contributed by atoms with Crippen LogP contribution < -0.4 is 0 Å². The monoisotopic (exact) mass is 372 g/mol. The molecule has 2 bridgehead atoms. The highest BCUT2D eigenvalue weighted by Gasteiger charge is 2.55. The summed E-state index contributed by atoms with van der Waals surface area (Å²) in [7, 11) is 0. The van der Waals surface area contributed by atoms with Crippen molar-refractivity contribution in [1.29, 1.82) is 0 Å². The number of carbonyl (C=O) groups excluding carboxylic acids is 1. The standard InChI is InChI=1S/C22H29FN2O2/c23-17-5-1-14(2-6-17)19-13-25(22(27)16-3-7-18(26)8-4-16)20-15-9-11-24(12-10-15)21(19)20/h1-2,5-6,15-16,18-21,26H,3-4,7-13H2/t16?,18?,19-,20+,21+/m0/s1. The largest absolute Gasteiger partial charge is 0.393 e. The van der Waals surface area contributed by atoms with Crippen molar-refractivity contribution in [3.8, 4) is 0 Å². The lowest BCUT2D eigenvalue weighted by molar-refractivity contribution is -0.142. The lowest BCUT2D eigenvalue weighted by atomic mass is 9.75. The van der Waals surface area contributed by atoms with Gasteiger partial charge in [-0.2, -0.15) is 0 Å². The van der Waals surface area contributed by atoms with Crippen molar-refractivity contribution >= 4 is 5.91 Å². The molecule has 5 heteroatoms. The first-order valence-corrected chi connectivity index (χ1v) is 10.6. The molecule has 1 amide bonds. The molecule has 4 saturated heterocycles. The van der Waals surface area contributed by atoms with Gasteiger partial charge in [0.05, 0.1) is 12.1 Å². The number of hydrogen-bond donors (Lipinski definition) is 1. The Bertz CT molecular complexity index is 693. The Morgan fingerprint density at radius 2 is 1.63 bits per heavy atom. The average molecular weight is 372 g/mol. The summed E-state index contributed by atoms with van der Waals surface area (Å²) in [4.78, 5) is 18.2. The minimum absolute atomic E-state index is 0.0662. The summed E-state index contributed by atoms with van der Waals surface area (Å²) in [5, 5.41) is 9.80. The van der Waals surface area contributed by atoms with Crippen LogP contribution in [-0.2, 0) is 4.79 Å². The van der Waals surface area contributed by atoms with Gasteiger partial charge in [0.25, 0.3) is 0 Å². The number of aliphatic hydroxyl groups is 1. The molecule has 3 atom stereocenters. The summed E-state index contributed by atoms with van der Waals surface area (Å²) in [6.45, 7) is 3.01. The van der Waals surface area contributed by atoms with E-state index in [1.807, 2.05) is 12.1 Å². The van der Waals surface area contributed by atoms with Crippen LogP contribution in [-0.4, -0.2) is 58.6 Å². The molecule has 1 saturated carbocycles. The van der Waals surface area contributed by atoms with E-state index in [9.17, 15) is 14.3 Å². The van der Waals surface area contributed by atoms with Gasteiger partial charge in [0.2, 0.25) is 5.91 Å². The van der Waals surface area contributed by atoms with Gasteiger partial charge >= 0.3 is 0 Å². The van der Waals surface area contributed by atoms with Crippen molar-refractivity contribution in [2.45, 2.75) is 62.6 Å². The number of benzene rings is 1. The maximum absolute atomic E-state index is 13.4. The number of hydrogen-bond acceptors (Lipinski definition) is 3. The molecule has 146 valence electrons. The second kappa shape index (κ2) is 6.85. The van der Waals surface area contributed by atoms with Crippen LogP contribution in [0.25, 0.3) is 0 Å². The van der Waals surface area contributed by atoms with Crippen molar-refractivity contribution in [3.63, 3.8) is 0 Å². The molecule has 5 aliphatic rings. The van der Waals surface area contributed by atoms with Crippen molar-refractivity contribution in [1.82, 2.24) is 9.80 Å². The van der Waals surface area contributed by atoms with E-state index < -0.39 is 0 Å². The normalized spacial score (nSPS) is 40.8. The zero-order chi connectivity index (χ0) is 18.5. The van der Waals surface area contributed by atoms with Crippen molar-refractivity contribution in [2.24, 2.45) is 11.8 Å². The van der Waals surface area contributed by atoms with E-state index >= 15 is 0 Å². The number of rotatable bonds is 2. The SMILES string of the molecule is O=C(C1CCC(O)CC1)N1C[C@@H](c2ccc(F)cc2)[C@@H]2[C@H]1C1CCN2CC1. The molecular weight excluding hydrogens is 343 g/mol. The van der Waals surface area contributed by atoms with Gasteiger partial charge in [0, 0.05) is 24.4 Å². The molecule has 0 spiro atoms. The molecule has 4 heterocycles. The molecule has 6 rings (SSSR count). The van der Waals surface area contributed by atoms with Crippen LogP contribution in [0.1, 0.15) is 50.0 Å². The average Bonchev–Trinajstić information content (AvgIpc) is 3.12.